The number of hydrogen-bond acceptors (Lipinski definition) is 10. The molecule has 3 heterocycles. The van der Waals surface area contributed by atoms with Crippen molar-refractivity contribution in [3.05, 3.63) is 16.8 Å². The molecule has 3 rings (SSSR count). The fourth-order valence-corrected chi connectivity index (χ4v) is 5.75. The van der Waals surface area contributed by atoms with Crippen LogP contribution in [0.3, 0.4) is 0 Å². The minimum absolute atomic E-state index is 0.0610. The van der Waals surface area contributed by atoms with Crippen LogP contribution in [-0.2, 0) is 13.8 Å². The van der Waals surface area contributed by atoms with Crippen LogP contribution >= 0.6 is 8.03 Å². The average Bonchev–Trinajstić information content (AvgIpc) is 3.32. The second kappa shape index (κ2) is 10.9. The first-order chi connectivity index (χ1) is 16.2. The van der Waals surface area contributed by atoms with E-state index in [4.69, 9.17) is 20.5 Å². The number of aromatic nitrogens is 4. The minimum Gasteiger partial charge on any atom is -0.388 e. The lowest BCUT2D eigenvalue weighted by Crippen LogP contribution is -2.39. The Hall–Kier alpha value is -2.40. The van der Waals surface area contributed by atoms with Crippen LogP contribution in [0, 0.1) is 0 Å². The third-order valence-corrected chi connectivity index (χ3v) is 8.49. The Bertz CT molecular complexity index is 1070. The van der Waals surface area contributed by atoms with Gasteiger partial charge in [0.05, 0.1) is 6.10 Å². The molecule has 1 unspecified atom stereocenters. The van der Waals surface area contributed by atoms with Crippen molar-refractivity contribution in [3.63, 3.8) is 0 Å². The summed E-state index contributed by atoms with van der Waals surface area (Å²) in [6.45, 7) is 7.81. The van der Waals surface area contributed by atoms with Crippen molar-refractivity contribution in [2.75, 3.05) is 5.73 Å². The van der Waals surface area contributed by atoms with Gasteiger partial charge in [-0.25, -0.2) is 15.0 Å². The second-order valence-electron chi connectivity index (χ2n) is 8.39. The first kappa shape index (κ1) is 26.2. The van der Waals surface area contributed by atoms with E-state index < -0.39 is 38.2 Å². The van der Waals surface area contributed by atoms with E-state index in [1.165, 1.54) is 10.9 Å². The molecule has 186 valence electrons. The van der Waals surface area contributed by atoms with E-state index in [0.717, 1.165) is 12.8 Å². The maximum Gasteiger partial charge on any atom is 0.511 e. The summed E-state index contributed by atoms with van der Waals surface area (Å²) in [6, 6.07) is 0. The number of fused-ring (bicyclic) bond motifs is 1. The van der Waals surface area contributed by atoms with Gasteiger partial charge in [0.1, 0.15) is 24.1 Å². The molecule has 0 bridgehead atoms. The topological polar surface area (TPSA) is 194 Å². The van der Waals surface area contributed by atoms with Crippen molar-refractivity contribution in [3.8, 4) is 0 Å². The van der Waals surface area contributed by atoms with Crippen LogP contribution in [0.25, 0.3) is 21.6 Å². The van der Waals surface area contributed by atoms with Crippen LogP contribution in [-0.4, -0.2) is 59.3 Å². The molecule has 2 aromatic rings. The SMILES string of the molecule is CCC(CC)[P+](=O)OC(CC)(CC)C[C@H]1O[C@H](n2c(N=[N+]=[N-])nc3c(N)ncnc32)[C@H](O)[C@@H]1O. The van der Waals surface area contributed by atoms with Crippen LogP contribution in [0.5, 0.6) is 0 Å². The highest BCUT2D eigenvalue weighted by atomic mass is 31.1. The van der Waals surface area contributed by atoms with Crippen LogP contribution in [0.15, 0.2) is 11.4 Å². The number of nitrogen functional groups attached to an aromatic ring is 1. The molecule has 0 amide bonds. The molecular formula is C20H32N8O5P+. The third kappa shape index (κ3) is 4.86. The van der Waals surface area contributed by atoms with Gasteiger partial charge in [-0.1, -0.05) is 27.7 Å². The molecule has 0 saturated carbocycles. The van der Waals surface area contributed by atoms with Gasteiger partial charge in [-0.05, 0) is 40.9 Å². The number of aliphatic hydroxyl groups excluding tert-OH is 2. The fourth-order valence-electron chi connectivity index (χ4n) is 4.29. The van der Waals surface area contributed by atoms with E-state index >= 15 is 0 Å². The minimum atomic E-state index is -1.92. The summed E-state index contributed by atoms with van der Waals surface area (Å²) in [6.07, 6.45) is -0.695. The Labute approximate surface area is 198 Å². The Morgan fingerprint density at radius 2 is 1.97 bits per heavy atom. The van der Waals surface area contributed by atoms with E-state index in [9.17, 15) is 14.8 Å². The smallest absolute Gasteiger partial charge is 0.388 e. The van der Waals surface area contributed by atoms with Crippen molar-refractivity contribution in [2.45, 2.75) is 95.6 Å². The molecule has 1 fully saturated rings. The second-order valence-corrected chi connectivity index (χ2v) is 9.87. The Balaban J connectivity index is 1.93. The maximum atomic E-state index is 12.9. The molecule has 13 nitrogen and oxygen atoms in total. The lowest BCUT2D eigenvalue weighted by molar-refractivity contribution is -0.0669. The number of nitrogens with zero attached hydrogens (tertiary/aromatic N) is 7. The summed E-state index contributed by atoms with van der Waals surface area (Å²) in [5, 5.41) is 25.3. The summed E-state index contributed by atoms with van der Waals surface area (Å²) in [4.78, 5) is 15.0. The highest BCUT2D eigenvalue weighted by Gasteiger charge is 2.50. The van der Waals surface area contributed by atoms with Gasteiger partial charge in [-0.15, -0.1) is 4.52 Å². The van der Waals surface area contributed by atoms with Crippen molar-refractivity contribution < 1.29 is 24.0 Å². The van der Waals surface area contributed by atoms with Gasteiger partial charge in [0.25, 0.3) is 0 Å². The molecule has 34 heavy (non-hydrogen) atoms. The van der Waals surface area contributed by atoms with Gasteiger partial charge >= 0.3 is 8.03 Å². The van der Waals surface area contributed by atoms with Crippen LogP contribution < -0.4 is 5.73 Å². The molecule has 0 radical (unpaired) electrons. The first-order valence-electron chi connectivity index (χ1n) is 11.5. The number of aliphatic hydroxyl groups is 2. The largest absolute Gasteiger partial charge is 0.511 e. The number of azide groups is 1. The Kier molecular flexibility index (Phi) is 8.40. The molecule has 0 aliphatic carbocycles. The molecule has 1 aliphatic heterocycles. The Morgan fingerprint density at radius 3 is 2.56 bits per heavy atom. The monoisotopic (exact) mass is 495 g/mol. The van der Waals surface area contributed by atoms with Crippen LogP contribution in [0.1, 0.15) is 66.0 Å². The zero-order valence-corrected chi connectivity index (χ0v) is 20.7. The first-order valence-corrected chi connectivity index (χ1v) is 12.7. The lowest BCUT2D eigenvalue weighted by atomic mass is 9.88. The molecule has 4 N–H and O–H groups in total. The third-order valence-electron chi connectivity index (χ3n) is 6.60. The fraction of sp³-hybridized carbons (Fsp3) is 0.750. The molecule has 0 spiro atoms. The van der Waals surface area contributed by atoms with Crippen LogP contribution in [0.4, 0.5) is 11.8 Å². The number of nitrogens with two attached hydrogens (primary N) is 1. The zero-order chi connectivity index (χ0) is 25.0. The lowest BCUT2D eigenvalue weighted by Gasteiger charge is -2.30. The number of anilines is 1. The number of imidazole rings is 1. The number of hydrogen-bond donors (Lipinski definition) is 3. The molecule has 5 atom stereocenters. The van der Waals surface area contributed by atoms with E-state index in [-0.39, 0.29) is 35.0 Å². The van der Waals surface area contributed by atoms with Gasteiger partial charge in [-0.2, -0.15) is 0 Å². The normalized spacial score (nSPS) is 23.4. The molecule has 1 aliphatic rings. The zero-order valence-electron chi connectivity index (χ0n) is 19.8. The quantitative estimate of drug-likeness (QED) is 0.179. The molecule has 1 saturated heterocycles. The predicted octanol–water partition coefficient (Wildman–Crippen LogP) is 3.87. The van der Waals surface area contributed by atoms with Gasteiger partial charge in [-0.3, -0.25) is 4.57 Å². The summed E-state index contributed by atoms with van der Waals surface area (Å²) in [7, 11) is -1.92. The van der Waals surface area contributed by atoms with E-state index in [1.807, 2.05) is 27.7 Å². The maximum absolute atomic E-state index is 12.9. The Morgan fingerprint density at radius 1 is 1.29 bits per heavy atom. The molecule has 2 aromatic heterocycles. The van der Waals surface area contributed by atoms with E-state index in [2.05, 4.69) is 25.0 Å². The van der Waals surface area contributed by atoms with Crippen molar-refractivity contribution in [1.29, 1.82) is 0 Å². The molecular weight excluding hydrogens is 463 g/mol. The van der Waals surface area contributed by atoms with Crippen molar-refractivity contribution in [1.82, 2.24) is 19.5 Å². The summed E-state index contributed by atoms with van der Waals surface area (Å²) in [5.74, 6) is -0.0655. The van der Waals surface area contributed by atoms with Crippen molar-refractivity contribution >= 4 is 31.0 Å². The highest BCUT2D eigenvalue weighted by molar-refractivity contribution is 7.40. The summed E-state index contributed by atoms with van der Waals surface area (Å²) >= 11 is 0. The predicted molar refractivity (Wildman–Crippen MR) is 125 cm³/mol. The number of rotatable bonds is 11. The van der Waals surface area contributed by atoms with Gasteiger partial charge in [0.2, 0.25) is 5.95 Å². The summed E-state index contributed by atoms with van der Waals surface area (Å²) in [5.41, 5.74) is 14.4. The van der Waals surface area contributed by atoms with Gasteiger partial charge in [0.15, 0.2) is 28.9 Å². The van der Waals surface area contributed by atoms with E-state index in [1.54, 1.807) is 0 Å². The van der Waals surface area contributed by atoms with Gasteiger partial charge in [0, 0.05) is 11.3 Å². The van der Waals surface area contributed by atoms with Gasteiger partial charge < -0.3 is 20.7 Å². The van der Waals surface area contributed by atoms with Crippen molar-refractivity contribution in [2.24, 2.45) is 5.11 Å². The molecule has 0 aromatic carbocycles. The van der Waals surface area contributed by atoms with Crippen LogP contribution in [0.2, 0.25) is 0 Å². The standard InChI is InChI=1S/C20H32N8O5P/c1-5-11(6-2)34(31)33-20(7-3,8-4)9-12-14(29)15(30)18(32-12)28-17-13(16(21)23-10-24-17)25-19(28)26-27-22/h10-12,14-15,18,29-30H,5-9H2,1-4H3,(H2,21,23,24)/q+1/t12-,14-,15-,18+/m1/s1. The average molecular weight is 496 g/mol. The number of ether oxygens (including phenoxy) is 1. The summed E-state index contributed by atoms with van der Waals surface area (Å²) < 4.78 is 26.4. The highest BCUT2D eigenvalue weighted by Crippen LogP contribution is 2.46. The van der Waals surface area contributed by atoms with E-state index in [0.29, 0.717) is 12.8 Å². The molecule has 14 heteroatoms.